The Morgan fingerprint density at radius 1 is 1.05 bits per heavy atom. The average molecular weight is 546 g/mol. The maximum absolute atomic E-state index is 12.5. The van der Waals surface area contributed by atoms with Gasteiger partial charge in [-0.2, -0.15) is 8.42 Å². The van der Waals surface area contributed by atoms with Gasteiger partial charge in [0, 0.05) is 6.42 Å². The molecule has 0 aromatic heterocycles. The number of fused-ring (bicyclic) bond motifs is 5. The molecule has 10 heteroatoms. The van der Waals surface area contributed by atoms with Gasteiger partial charge >= 0.3 is 0 Å². The lowest BCUT2D eigenvalue weighted by molar-refractivity contribution is -0.207. The molecule has 0 spiro atoms. The highest BCUT2D eigenvalue weighted by atomic mass is 32.2. The quantitative estimate of drug-likeness (QED) is 0.251. The summed E-state index contributed by atoms with van der Waals surface area (Å²) in [6, 6.07) is -1.05. The predicted octanol–water partition coefficient (Wildman–Crippen LogP) is 1.73. The van der Waals surface area contributed by atoms with Crippen LogP contribution in [0.25, 0.3) is 0 Å². The molecule has 0 saturated heterocycles. The van der Waals surface area contributed by atoms with E-state index in [-0.39, 0.29) is 64.8 Å². The van der Waals surface area contributed by atoms with Crippen LogP contribution >= 0.6 is 0 Å². The minimum Gasteiger partial charge on any atom is -0.394 e. The fourth-order valence-corrected chi connectivity index (χ4v) is 10.1. The number of hydrogen-bond donors (Lipinski definition) is 6. The van der Waals surface area contributed by atoms with Crippen molar-refractivity contribution in [3.05, 3.63) is 0 Å². The van der Waals surface area contributed by atoms with E-state index < -0.39 is 40.7 Å². The van der Waals surface area contributed by atoms with Crippen molar-refractivity contribution >= 4 is 16.0 Å². The molecule has 0 aromatic rings. The Morgan fingerprint density at radius 3 is 2.41 bits per heavy atom. The van der Waals surface area contributed by atoms with Crippen molar-refractivity contribution in [2.24, 2.45) is 46.3 Å². The summed E-state index contributed by atoms with van der Waals surface area (Å²) in [6.07, 6.45) is 5.20. The number of rotatable bonds is 8. The molecule has 4 fully saturated rings. The fraction of sp³-hybridized carbons (Fsp3) is 0.963. The molecule has 0 heterocycles. The highest BCUT2D eigenvalue weighted by molar-refractivity contribution is 7.85. The zero-order chi connectivity index (χ0) is 27.3. The molecular formula is C27H47NO8S. The van der Waals surface area contributed by atoms with E-state index in [2.05, 4.69) is 26.1 Å². The molecule has 214 valence electrons. The molecule has 4 rings (SSSR count). The van der Waals surface area contributed by atoms with Crippen LogP contribution in [0.15, 0.2) is 0 Å². The molecule has 37 heavy (non-hydrogen) atoms. The van der Waals surface area contributed by atoms with E-state index in [0.29, 0.717) is 19.3 Å². The highest BCUT2D eigenvalue weighted by Gasteiger charge is 2.65. The van der Waals surface area contributed by atoms with Gasteiger partial charge in [0.15, 0.2) is 0 Å². The molecule has 0 aromatic carbocycles. The van der Waals surface area contributed by atoms with Gasteiger partial charge in [-0.3, -0.25) is 9.35 Å². The SMILES string of the molecule is C[C@H](CCC(=O)N[C@@H](CO)CS(=O)(=O)O)[C@H]1CC[C@H]2[C@@H]3[C@H](O)C[C@@H]4C[C@H](O)CC[C@]4(C)[C@H]3C[C@H](O)[C@]12C. The van der Waals surface area contributed by atoms with Gasteiger partial charge in [0.05, 0.1) is 36.7 Å². The Balaban J connectivity index is 1.43. The van der Waals surface area contributed by atoms with Gasteiger partial charge in [0.1, 0.15) is 0 Å². The van der Waals surface area contributed by atoms with Gasteiger partial charge in [0.2, 0.25) is 5.91 Å². The molecule has 9 nitrogen and oxygen atoms in total. The molecule has 1 amide bonds. The fourth-order valence-electron chi connectivity index (χ4n) is 9.39. The van der Waals surface area contributed by atoms with Gasteiger partial charge in [-0.1, -0.05) is 20.8 Å². The van der Waals surface area contributed by atoms with E-state index >= 15 is 0 Å². The van der Waals surface area contributed by atoms with Gasteiger partial charge in [-0.15, -0.1) is 0 Å². The Morgan fingerprint density at radius 2 is 1.76 bits per heavy atom. The summed E-state index contributed by atoms with van der Waals surface area (Å²) >= 11 is 0. The Kier molecular flexibility index (Phi) is 8.41. The summed E-state index contributed by atoms with van der Waals surface area (Å²) in [5.74, 6) is 0.0745. The summed E-state index contributed by atoms with van der Waals surface area (Å²) in [5.41, 5.74) is -0.327. The lowest BCUT2D eigenvalue weighted by atomic mass is 9.43. The third kappa shape index (κ3) is 5.48. The average Bonchev–Trinajstić information content (AvgIpc) is 3.16. The van der Waals surface area contributed by atoms with Crippen molar-refractivity contribution in [1.82, 2.24) is 5.32 Å². The Bertz CT molecular complexity index is 945. The third-order valence-electron chi connectivity index (χ3n) is 11.3. The molecule has 4 aliphatic rings. The van der Waals surface area contributed by atoms with Crippen LogP contribution in [-0.2, 0) is 14.9 Å². The van der Waals surface area contributed by atoms with Gasteiger partial charge < -0.3 is 25.7 Å². The second-order valence-electron chi connectivity index (χ2n) is 13.2. The van der Waals surface area contributed by atoms with Crippen LogP contribution in [0.5, 0.6) is 0 Å². The number of aliphatic hydroxyl groups excluding tert-OH is 4. The summed E-state index contributed by atoms with van der Waals surface area (Å²) in [5, 5.41) is 45.2. The van der Waals surface area contributed by atoms with Crippen molar-refractivity contribution in [1.29, 1.82) is 0 Å². The van der Waals surface area contributed by atoms with Crippen LogP contribution in [0.4, 0.5) is 0 Å². The second kappa shape index (κ2) is 10.7. The zero-order valence-corrected chi connectivity index (χ0v) is 23.2. The largest absolute Gasteiger partial charge is 0.394 e. The first kappa shape index (κ1) is 29.2. The van der Waals surface area contributed by atoms with Gasteiger partial charge in [-0.25, -0.2) is 0 Å². The number of carbonyl (C=O) groups is 1. The van der Waals surface area contributed by atoms with E-state index in [1.807, 2.05) is 0 Å². The molecule has 0 aliphatic heterocycles. The summed E-state index contributed by atoms with van der Waals surface area (Å²) in [6.45, 7) is 6.01. The molecule has 6 N–H and O–H groups in total. The van der Waals surface area contributed by atoms with Crippen LogP contribution in [0.2, 0.25) is 0 Å². The monoisotopic (exact) mass is 545 g/mol. The van der Waals surface area contributed by atoms with E-state index in [1.165, 1.54) is 0 Å². The maximum Gasteiger partial charge on any atom is 0.266 e. The van der Waals surface area contributed by atoms with Crippen LogP contribution in [0.3, 0.4) is 0 Å². The van der Waals surface area contributed by atoms with Crippen molar-refractivity contribution in [3.63, 3.8) is 0 Å². The number of amides is 1. The van der Waals surface area contributed by atoms with Crippen molar-refractivity contribution in [2.45, 2.75) is 103 Å². The van der Waals surface area contributed by atoms with Crippen molar-refractivity contribution in [2.75, 3.05) is 12.4 Å². The van der Waals surface area contributed by atoms with Gasteiger partial charge in [0.25, 0.3) is 10.1 Å². The van der Waals surface area contributed by atoms with Crippen LogP contribution < -0.4 is 5.32 Å². The van der Waals surface area contributed by atoms with E-state index in [1.54, 1.807) is 0 Å². The molecule has 12 atom stereocenters. The first-order valence-electron chi connectivity index (χ1n) is 14.1. The summed E-state index contributed by atoms with van der Waals surface area (Å²) in [4.78, 5) is 12.5. The predicted molar refractivity (Wildman–Crippen MR) is 138 cm³/mol. The molecule has 0 radical (unpaired) electrons. The number of carbonyl (C=O) groups excluding carboxylic acids is 1. The van der Waals surface area contributed by atoms with Crippen molar-refractivity contribution in [3.8, 4) is 0 Å². The zero-order valence-electron chi connectivity index (χ0n) is 22.4. The number of aliphatic hydroxyl groups is 4. The van der Waals surface area contributed by atoms with E-state index in [4.69, 9.17) is 4.55 Å². The maximum atomic E-state index is 12.5. The van der Waals surface area contributed by atoms with E-state index in [0.717, 1.165) is 32.1 Å². The van der Waals surface area contributed by atoms with Crippen LogP contribution in [0.1, 0.15) is 78.6 Å². The standard InChI is InChI=1S/C27H47NO8S/c1-15(4-7-24(33)28-17(13-29)14-37(34,35)36)19-5-6-20-25-21(12-23(32)27(19,20)3)26(2)9-8-18(30)10-16(26)11-22(25)31/h15-23,25,29-32H,4-14H2,1-3H3,(H,28,33)(H,34,35,36)/t15-,16+,17+,18-,19-,20+,21+,22-,23+,25+,26+,27-/m1/s1. The summed E-state index contributed by atoms with van der Waals surface area (Å²) in [7, 11) is -4.32. The smallest absolute Gasteiger partial charge is 0.266 e. The minimum absolute atomic E-state index is 0.0263. The van der Waals surface area contributed by atoms with Crippen LogP contribution in [-0.4, -0.2) is 76.0 Å². The second-order valence-corrected chi connectivity index (χ2v) is 14.7. The molecule has 0 bridgehead atoms. The Labute approximate surface area is 221 Å². The molecule has 0 unspecified atom stereocenters. The van der Waals surface area contributed by atoms with Crippen LogP contribution in [0, 0.1) is 46.3 Å². The Hall–Kier alpha value is -0.780. The molecular weight excluding hydrogens is 498 g/mol. The van der Waals surface area contributed by atoms with Gasteiger partial charge in [-0.05, 0) is 97.7 Å². The molecule has 4 aliphatic carbocycles. The van der Waals surface area contributed by atoms with Crippen molar-refractivity contribution < 1.29 is 38.2 Å². The molecule has 4 saturated carbocycles. The topological polar surface area (TPSA) is 164 Å². The lowest BCUT2D eigenvalue weighted by Crippen LogP contribution is -2.62. The first-order valence-corrected chi connectivity index (χ1v) is 15.7. The number of hydrogen-bond acceptors (Lipinski definition) is 7. The first-order chi connectivity index (χ1) is 17.2. The van der Waals surface area contributed by atoms with E-state index in [9.17, 15) is 33.6 Å². The highest BCUT2D eigenvalue weighted by Crippen LogP contribution is 2.68. The summed E-state index contributed by atoms with van der Waals surface area (Å²) < 4.78 is 31.2. The number of nitrogens with one attached hydrogen (secondary N) is 1. The minimum atomic E-state index is -4.32. The third-order valence-corrected chi connectivity index (χ3v) is 12.2. The normalized spacial score (nSPS) is 45.3. The lowest BCUT2D eigenvalue weighted by Gasteiger charge is -2.63.